The zero-order chi connectivity index (χ0) is 26.4. The maximum Gasteiger partial charge on any atom is 0.255 e. The largest absolute Gasteiger partial charge is 0.508 e. The number of rotatable bonds is 5. The molecule has 194 valence electrons. The van der Waals surface area contributed by atoms with Crippen molar-refractivity contribution in [3.63, 3.8) is 0 Å². The van der Waals surface area contributed by atoms with Crippen LogP contribution < -0.4 is 0 Å². The van der Waals surface area contributed by atoms with Gasteiger partial charge in [-0.05, 0) is 68.0 Å². The Hall–Kier alpha value is -4.11. The average Bonchev–Trinajstić information content (AvgIpc) is 3.52. The first-order chi connectivity index (χ1) is 18.4. The highest BCUT2D eigenvalue weighted by Gasteiger charge is 2.52. The predicted octanol–water partition coefficient (Wildman–Crippen LogP) is 5.36. The average molecular weight is 514 g/mol. The van der Waals surface area contributed by atoms with E-state index in [-0.39, 0.29) is 23.6 Å². The molecule has 3 atom stereocenters. The van der Waals surface area contributed by atoms with Gasteiger partial charge in [0.1, 0.15) is 29.5 Å². The fourth-order valence-electron chi connectivity index (χ4n) is 5.74. The Kier molecular flexibility index (Phi) is 5.95. The molecule has 1 fully saturated rings. The number of phenols is 1. The number of ether oxygens (including phenoxy) is 1. The highest BCUT2D eigenvalue weighted by atomic mass is 19.1. The van der Waals surface area contributed by atoms with Crippen LogP contribution in [0.3, 0.4) is 0 Å². The maximum absolute atomic E-state index is 15.2. The van der Waals surface area contributed by atoms with E-state index >= 15 is 4.39 Å². The van der Waals surface area contributed by atoms with Gasteiger partial charge < -0.3 is 14.7 Å². The third-order valence-corrected chi connectivity index (χ3v) is 7.75. The maximum atomic E-state index is 15.2. The Morgan fingerprint density at radius 1 is 1.13 bits per heavy atom. The molecule has 0 radical (unpaired) electrons. The summed E-state index contributed by atoms with van der Waals surface area (Å²) < 4.78 is 22.9. The van der Waals surface area contributed by atoms with Crippen molar-refractivity contribution in [2.45, 2.75) is 50.9 Å². The molecule has 3 unspecified atom stereocenters. The van der Waals surface area contributed by atoms with Crippen LogP contribution in [-0.4, -0.2) is 42.3 Å². The lowest BCUT2D eigenvalue weighted by Crippen LogP contribution is -2.45. The van der Waals surface area contributed by atoms with Gasteiger partial charge in [-0.1, -0.05) is 24.3 Å². The minimum atomic E-state index is -1.19. The Labute approximate surface area is 219 Å². The molecule has 6 rings (SSSR count). The molecular formula is C29H28FN5O3. The van der Waals surface area contributed by atoms with Crippen LogP contribution in [0.4, 0.5) is 4.39 Å². The first kappa shape index (κ1) is 24.2. The van der Waals surface area contributed by atoms with Crippen LogP contribution in [0.5, 0.6) is 5.75 Å². The van der Waals surface area contributed by atoms with Gasteiger partial charge in [0.2, 0.25) is 0 Å². The molecule has 1 amide bonds. The topological polar surface area (TPSA) is 93.4 Å². The predicted molar refractivity (Wildman–Crippen MR) is 138 cm³/mol. The molecule has 0 saturated carbocycles. The number of aromatic hydroxyl groups is 1. The van der Waals surface area contributed by atoms with Crippen molar-refractivity contribution in [1.29, 1.82) is 0 Å². The van der Waals surface area contributed by atoms with Crippen molar-refractivity contribution in [2.24, 2.45) is 0 Å². The van der Waals surface area contributed by atoms with Crippen molar-refractivity contribution in [3.8, 4) is 16.9 Å². The minimum Gasteiger partial charge on any atom is -0.508 e. The Bertz CT molecular complexity index is 1500. The second kappa shape index (κ2) is 9.33. The van der Waals surface area contributed by atoms with Gasteiger partial charge in [-0.3, -0.25) is 4.79 Å². The number of carbonyl (C=O) groups excluding carboxylic acids is 1. The van der Waals surface area contributed by atoms with Crippen molar-refractivity contribution in [1.82, 2.24) is 24.6 Å². The lowest BCUT2D eigenvalue weighted by Gasteiger charge is -2.40. The lowest BCUT2D eigenvalue weighted by molar-refractivity contribution is -0.0394. The third kappa shape index (κ3) is 3.85. The molecule has 0 bridgehead atoms. The molecule has 8 nitrogen and oxygen atoms in total. The summed E-state index contributed by atoms with van der Waals surface area (Å²) in [5, 5.41) is 14.3. The zero-order valence-corrected chi connectivity index (χ0v) is 21.2. The number of aromatic nitrogens is 4. The molecule has 0 aliphatic carbocycles. The number of nitrogens with zero attached hydrogens (tertiary/aromatic N) is 5. The molecule has 0 spiro atoms. The SMILES string of the molecule is CC(c1ccc(O)cc1)N1C(=O)c2cc(-c3cnn(C4CCCCO4)c3)ccc2C1(C)c1ncncc1F. The van der Waals surface area contributed by atoms with E-state index < -0.39 is 17.4 Å². The summed E-state index contributed by atoms with van der Waals surface area (Å²) in [4.78, 5) is 23.9. The van der Waals surface area contributed by atoms with Crippen LogP contribution in [0.25, 0.3) is 11.1 Å². The van der Waals surface area contributed by atoms with E-state index in [4.69, 9.17) is 4.74 Å². The molecule has 4 heterocycles. The number of benzene rings is 2. The first-order valence-electron chi connectivity index (χ1n) is 12.8. The standard InChI is InChI=1S/C29H28FN5O3/c1-18(19-6-9-22(36)10-7-19)35-28(37)23-13-20(21-14-33-34(16-21)26-5-3-4-12-38-26)8-11-24(23)29(35,2)27-25(30)15-31-17-32-27/h6-11,13-18,26,36H,3-5,12H2,1-2H3. The van der Waals surface area contributed by atoms with Gasteiger partial charge >= 0.3 is 0 Å². The van der Waals surface area contributed by atoms with Crippen LogP contribution in [0, 0.1) is 5.82 Å². The smallest absolute Gasteiger partial charge is 0.255 e. The number of carbonyl (C=O) groups is 1. The Morgan fingerprint density at radius 3 is 2.68 bits per heavy atom. The van der Waals surface area contributed by atoms with Crippen LogP contribution in [-0.2, 0) is 10.3 Å². The summed E-state index contributed by atoms with van der Waals surface area (Å²) in [6, 6.07) is 11.9. The first-order valence-corrected chi connectivity index (χ1v) is 12.8. The molecule has 2 aromatic carbocycles. The summed E-state index contributed by atoms with van der Waals surface area (Å²) in [7, 11) is 0. The number of hydrogen-bond acceptors (Lipinski definition) is 6. The molecule has 1 N–H and O–H groups in total. The molecule has 2 aliphatic rings. The van der Waals surface area contributed by atoms with Gasteiger partial charge in [-0.15, -0.1) is 0 Å². The van der Waals surface area contributed by atoms with Gasteiger partial charge in [0.25, 0.3) is 5.91 Å². The normalized spacial score (nSPS) is 21.9. The van der Waals surface area contributed by atoms with E-state index in [0.29, 0.717) is 11.1 Å². The Morgan fingerprint density at radius 2 is 1.95 bits per heavy atom. The number of fused-ring (bicyclic) bond motifs is 1. The second-order valence-corrected chi connectivity index (χ2v) is 10.0. The van der Waals surface area contributed by atoms with Crippen molar-refractivity contribution >= 4 is 5.91 Å². The zero-order valence-electron chi connectivity index (χ0n) is 21.2. The Balaban J connectivity index is 1.44. The van der Waals surface area contributed by atoms with Gasteiger partial charge in [-0.2, -0.15) is 5.10 Å². The summed E-state index contributed by atoms with van der Waals surface area (Å²) in [6.07, 6.45) is 9.12. The molecule has 2 aliphatic heterocycles. The number of amides is 1. The van der Waals surface area contributed by atoms with E-state index in [1.54, 1.807) is 35.4 Å². The van der Waals surface area contributed by atoms with Gasteiger partial charge in [0.15, 0.2) is 5.82 Å². The van der Waals surface area contributed by atoms with Crippen molar-refractivity contribution < 1.29 is 19.0 Å². The summed E-state index contributed by atoms with van der Waals surface area (Å²) >= 11 is 0. The fraction of sp³-hybridized carbons (Fsp3) is 0.310. The third-order valence-electron chi connectivity index (χ3n) is 7.75. The van der Waals surface area contributed by atoms with E-state index in [2.05, 4.69) is 15.1 Å². The van der Waals surface area contributed by atoms with E-state index in [9.17, 15) is 9.90 Å². The summed E-state index contributed by atoms with van der Waals surface area (Å²) in [6.45, 7) is 4.43. The van der Waals surface area contributed by atoms with Gasteiger partial charge in [0.05, 0.1) is 18.4 Å². The molecule has 4 aromatic rings. The quantitative estimate of drug-likeness (QED) is 0.386. The monoisotopic (exact) mass is 513 g/mol. The molecule has 9 heteroatoms. The number of hydrogen-bond donors (Lipinski definition) is 1. The van der Waals surface area contributed by atoms with Crippen LogP contribution in [0.1, 0.15) is 72.6 Å². The minimum absolute atomic E-state index is 0.0840. The molecule has 1 saturated heterocycles. The fourth-order valence-corrected chi connectivity index (χ4v) is 5.74. The van der Waals surface area contributed by atoms with Crippen molar-refractivity contribution in [3.05, 3.63) is 95.6 Å². The van der Waals surface area contributed by atoms with E-state index in [1.807, 2.05) is 42.9 Å². The van der Waals surface area contributed by atoms with Gasteiger partial charge in [0, 0.05) is 23.9 Å². The number of phenolic OH excluding ortho intramolecular Hbond substituents is 1. The molecular weight excluding hydrogens is 485 g/mol. The van der Waals surface area contributed by atoms with Crippen LogP contribution >= 0.6 is 0 Å². The second-order valence-electron chi connectivity index (χ2n) is 10.0. The van der Waals surface area contributed by atoms with E-state index in [0.717, 1.165) is 48.8 Å². The van der Waals surface area contributed by atoms with Gasteiger partial charge in [-0.25, -0.2) is 19.0 Å². The number of halogens is 1. The van der Waals surface area contributed by atoms with Crippen molar-refractivity contribution in [2.75, 3.05) is 6.61 Å². The summed E-state index contributed by atoms with van der Waals surface area (Å²) in [5.41, 5.74) is 2.60. The molecule has 38 heavy (non-hydrogen) atoms. The highest BCUT2D eigenvalue weighted by Crippen LogP contribution is 2.49. The summed E-state index contributed by atoms with van der Waals surface area (Å²) in [5.74, 6) is -0.687. The highest BCUT2D eigenvalue weighted by molar-refractivity contribution is 6.02. The van der Waals surface area contributed by atoms with E-state index in [1.165, 1.54) is 6.33 Å². The molecule has 2 aromatic heterocycles. The van der Waals surface area contributed by atoms with Crippen LogP contribution in [0.2, 0.25) is 0 Å². The lowest BCUT2D eigenvalue weighted by atomic mass is 9.85. The van der Waals surface area contributed by atoms with Crippen LogP contribution in [0.15, 0.2) is 67.4 Å².